The predicted molar refractivity (Wildman–Crippen MR) is 118 cm³/mol. The molecule has 1 amide bonds. The lowest BCUT2D eigenvalue weighted by Crippen LogP contribution is -2.20. The number of para-hydroxylation sites is 1. The van der Waals surface area contributed by atoms with Gasteiger partial charge >= 0.3 is 0 Å². The van der Waals surface area contributed by atoms with Gasteiger partial charge in [-0.15, -0.1) is 0 Å². The van der Waals surface area contributed by atoms with E-state index in [1.807, 2.05) is 41.0 Å². The van der Waals surface area contributed by atoms with Crippen LogP contribution in [0, 0.1) is 5.82 Å². The van der Waals surface area contributed by atoms with Crippen LogP contribution < -0.4 is 5.32 Å². The van der Waals surface area contributed by atoms with E-state index in [9.17, 15) is 9.18 Å². The molecule has 4 aromatic rings. The van der Waals surface area contributed by atoms with Crippen LogP contribution >= 0.6 is 11.8 Å². The van der Waals surface area contributed by atoms with Crippen molar-refractivity contribution in [1.29, 1.82) is 0 Å². The highest BCUT2D eigenvalue weighted by atomic mass is 32.2. The van der Waals surface area contributed by atoms with Crippen molar-refractivity contribution in [3.8, 4) is 0 Å². The minimum absolute atomic E-state index is 0.108. The Bertz CT molecular complexity index is 1170. The van der Waals surface area contributed by atoms with E-state index < -0.39 is 0 Å². The molecule has 30 heavy (non-hydrogen) atoms. The Morgan fingerprint density at radius 2 is 1.90 bits per heavy atom. The second-order valence-corrected chi connectivity index (χ2v) is 7.74. The summed E-state index contributed by atoms with van der Waals surface area (Å²) in [6.45, 7) is 2.17. The van der Waals surface area contributed by atoms with E-state index >= 15 is 0 Å². The average Bonchev–Trinajstić information content (AvgIpc) is 3.11. The topological polar surface area (TPSA) is 59.8 Å². The number of rotatable bonds is 7. The molecule has 2 aromatic heterocycles. The van der Waals surface area contributed by atoms with Crippen molar-refractivity contribution in [1.82, 2.24) is 14.5 Å². The monoisotopic (exact) mass is 420 g/mol. The number of amides is 1. The molecule has 4 rings (SSSR count). The van der Waals surface area contributed by atoms with Gasteiger partial charge < -0.3 is 5.32 Å². The fourth-order valence-corrected chi connectivity index (χ4v) is 4.16. The van der Waals surface area contributed by atoms with E-state index in [0.29, 0.717) is 16.6 Å². The third-order valence-electron chi connectivity index (χ3n) is 4.72. The zero-order valence-electron chi connectivity index (χ0n) is 16.5. The molecule has 7 heteroatoms. The van der Waals surface area contributed by atoms with Crippen LogP contribution in [0.15, 0.2) is 72.0 Å². The van der Waals surface area contributed by atoms with Crippen molar-refractivity contribution in [3.63, 3.8) is 0 Å². The van der Waals surface area contributed by atoms with Gasteiger partial charge in [-0.1, -0.05) is 49.0 Å². The summed E-state index contributed by atoms with van der Waals surface area (Å²) in [5.74, 6) is 0.220. The Balaban J connectivity index is 1.56. The minimum Gasteiger partial charge on any atom is -0.324 e. The standard InChI is InChI=1S/C23H21FN4OS/c1-2-17-6-3-4-7-19(17)26-21(29)14-28-22-20(8-5-13-25-22)27-23(28)30-15-16-9-11-18(24)12-10-16/h3-13H,2,14-15H2,1H3,(H,26,29). The highest BCUT2D eigenvalue weighted by Crippen LogP contribution is 2.26. The number of pyridine rings is 1. The van der Waals surface area contributed by atoms with E-state index in [4.69, 9.17) is 0 Å². The highest BCUT2D eigenvalue weighted by molar-refractivity contribution is 7.98. The third kappa shape index (κ3) is 4.52. The first-order chi connectivity index (χ1) is 14.6. The molecule has 0 saturated carbocycles. The zero-order valence-corrected chi connectivity index (χ0v) is 17.3. The number of carbonyl (C=O) groups is 1. The van der Waals surface area contributed by atoms with Crippen molar-refractivity contribution in [2.24, 2.45) is 0 Å². The summed E-state index contributed by atoms with van der Waals surface area (Å²) in [5, 5.41) is 3.71. The molecule has 1 N–H and O–H groups in total. The van der Waals surface area contributed by atoms with Gasteiger partial charge in [-0.2, -0.15) is 0 Å². The summed E-state index contributed by atoms with van der Waals surface area (Å²) in [4.78, 5) is 21.9. The number of anilines is 1. The molecule has 0 fully saturated rings. The molecular formula is C23H21FN4OS. The van der Waals surface area contributed by atoms with Crippen LogP contribution in [0.25, 0.3) is 11.2 Å². The van der Waals surface area contributed by atoms with Gasteiger partial charge in [0.1, 0.15) is 17.9 Å². The molecule has 0 spiro atoms. The Labute approximate surface area is 178 Å². The lowest BCUT2D eigenvalue weighted by molar-refractivity contribution is -0.116. The number of imidazole rings is 1. The lowest BCUT2D eigenvalue weighted by Gasteiger charge is -2.12. The molecule has 152 valence electrons. The van der Waals surface area contributed by atoms with E-state index in [-0.39, 0.29) is 18.3 Å². The van der Waals surface area contributed by atoms with Crippen LogP contribution in [-0.2, 0) is 23.5 Å². The first kappa shape index (κ1) is 20.1. The van der Waals surface area contributed by atoms with Gasteiger partial charge in [-0.25, -0.2) is 14.4 Å². The van der Waals surface area contributed by atoms with E-state index in [1.165, 1.54) is 23.9 Å². The van der Waals surface area contributed by atoms with Gasteiger partial charge in [0.05, 0.1) is 0 Å². The molecular weight excluding hydrogens is 399 g/mol. The van der Waals surface area contributed by atoms with E-state index in [0.717, 1.165) is 28.8 Å². The third-order valence-corrected chi connectivity index (χ3v) is 5.77. The lowest BCUT2D eigenvalue weighted by atomic mass is 10.1. The van der Waals surface area contributed by atoms with Gasteiger partial charge in [-0.05, 0) is 47.9 Å². The van der Waals surface area contributed by atoms with Crippen LogP contribution in [0.5, 0.6) is 0 Å². The van der Waals surface area contributed by atoms with Gasteiger partial charge in [0.15, 0.2) is 10.8 Å². The summed E-state index contributed by atoms with van der Waals surface area (Å²) >= 11 is 1.50. The Morgan fingerprint density at radius 1 is 1.10 bits per heavy atom. The first-order valence-corrected chi connectivity index (χ1v) is 10.7. The summed E-state index contributed by atoms with van der Waals surface area (Å²) in [7, 11) is 0. The smallest absolute Gasteiger partial charge is 0.244 e. The normalized spacial score (nSPS) is 11.0. The Morgan fingerprint density at radius 3 is 2.70 bits per heavy atom. The summed E-state index contributed by atoms with van der Waals surface area (Å²) in [5.41, 5.74) is 4.29. The summed E-state index contributed by atoms with van der Waals surface area (Å²) in [6.07, 6.45) is 2.53. The number of hydrogen-bond donors (Lipinski definition) is 1. The molecule has 0 aliphatic rings. The number of aromatic nitrogens is 3. The molecule has 2 heterocycles. The number of fused-ring (bicyclic) bond motifs is 1. The fraction of sp³-hybridized carbons (Fsp3) is 0.174. The van der Waals surface area contributed by atoms with Gasteiger partial charge in [-0.3, -0.25) is 9.36 Å². The Hall–Kier alpha value is -3.19. The molecule has 0 saturated heterocycles. The number of nitrogens with one attached hydrogen (secondary N) is 1. The van der Waals surface area contributed by atoms with E-state index in [2.05, 4.69) is 22.2 Å². The van der Waals surface area contributed by atoms with Crippen molar-refractivity contribution in [3.05, 3.63) is 83.8 Å². The van der Waals surface area contributed by atoms with Crippen LogP contribution in [0.1, 0.15) is 18.1 Å². The molecule has 2 aromatic carbocycles. The maximum Gasteiger partial charge on any atom is 0.244 e. The molecule has 0 atom stereocenters. The number of hydrogen-bond acceptors (Lipinski definition) is 4. The fourth-order valence-electron chi connectivity index (χ4n) is 3.20. The van der Waals surface area contributed by atoms with Gasteiger partial charge in [0.25, 0.3) is 0 Å². The van der Waals surface area contributed by atoms with E-state index in [1.54, 1.807) is 18.3 Å². The summed E-state index contributed by atoms with van der Waals surface area (Å²) < 4.78 is 15.0. The SMILES string of the molecule is CCc1ccccc1NC(=O)Cn1c(SCc2ccc(F)cc2)nc2cccnc21. The number of carbonyl (C=O) groups excluding carboxylic acids is 1. The van der Waals surface area contributed by atoms with Gasteiger partial charge in [0.2, 0.25) is 5.91 Å². The zero-order chi connectivity index (χ0) is 20.9. The number of benzene rings is 2. The first-order valence-electron chi connectivity index (χ1n) is 9.70. The molecule has 0 unspecified atom stereocenters. The minimum atomic E-state index is -0.260. The van der Waals surface area contributed by atoms with Crippen molar-refractivity contribution >= 4 is 34.5 Å². The maximum atomic E-state index is 13.2. The molecule has 0 radical (unpaired) electrons. The molecule has 0 bridgehead atoms. The second kappa shape index (κ2) is 9.09. The Kier molecular flexibility index (Phi) is 6.09. The van der Waals surface area contributed by atoms with Crippen molar-refractivity contribution < 1.29 is 9.18 Å². The molecule has 0 aliphatic carbocycles. The average molecular weight is 421 g/mol. The van der Waals surface area contributed by atoms with Crippen LogP contribution in [0.2, 0.25) is 0 Å². The van der Waals surface area contributed by atoms with Crippen LogP contribution in [0.4, 0.5) is 10.1 Å². The number of halogens is 1. The van der Waals surface area contributed by atoms with Crippen LogP contribution in [-0.4, -0.2) is 20.4 Å². The molecule has 5 nitrogen and oxygen atoms in total. The maximum absolute atomic E-state index is 13.2. The highest BCUT2D eigenvalue weighted by Gasteiger charge is 2.16. The van der Waals surface area contributed by atoms with Crippen molar-refractivity contribution in [2.45, 2.75) is 30.8 Å². The second-order valence-electron chi connectivity index (χ2n) is 6.80. The molecule has 0 aliphatic heterocycles. The summed E-state index contributed by atoms with van der Waals surface area (Å²) in [6, 6.07) is 17.9. The van der Waals surface area contributed by atoms with Gasteiger partial charge in [0, 0.05) is 17.6 Å². The number of nitrogens with zero attached hydrogens (tertiary/aromatic N) is 3. The van der Waals surface area contributed by atoms with Crippen molar-refractivity contribution in [2.75, 3.05) is 5.32 Å². The quantitative estimate of drug-likeness (QED) is 0.425. The number of thioether (sulfide) groups is 1. The predicted octanol–water partition coefficient (Wildman–Crippen LogP) is 5.06. The largest absolute Gasteiger partial charge is 0.324 e. The number of aryl methyl sites for hydroxylation is 1. The van der Waals surface area contributed by atoms with Crippen LogP contribution in [0.3, 0.4) is 0 Å².